The SMILES string of the molecule is O=S(=O)(c1cc(F)ccc1F)N1CCN(c2cncc(-n3cccn3)n2)CC1. The van der Waals surface area contributed by atoms with E-state index in [2.05, 4.69) is 15.1 Å². The molecule has 0 aliphatic carbocycles. The minimum Gasteiger partial charge on any atom is -0.353 e. The zero-order valence-corrected chi connectivity index (χ0v) is 15.4. The molecule has 0 amide bonds. The van der Waals surface area contributed by atoms with Crippen LogP contribution in [-0.4, -0.2) is 58.7 Å². The fourth-order valence-corrected chi connectivity index (χ4v) is 4.48. The summed E-state index contributed by atoms with van der Waals surface area (Å²) in [7, 11) is -4.12. The van der Waals surface area contributed by atoms with E-state index < -0.39 is 26.6 Å². The molecule has 0 radical (unpaired) electrons. The van der Waals surface area contributed by atoms with E-state index in [4.69, 9.17) is 0 Å². The van der Waals surface area contributed by atoms with E-state index in [1.807, 2.05) is 4.90 Å². The summed E-state index contributed by atoms with van der Waals surface area (Å²) in [5.41, 5.74) is 0. The normalized spacial score (nSPS) is 15.7. The molecule has 146 valence electrons. The van der Waals surface area contributed by atoms with E-state index in [0.29, 0.717) is 30.8 Å². The Balaban J connectivity index is 1.51. The molecule has 1 aromatic carbocycles. The van der Waals surface area contributed by atoms with Gasteiger partial charge in [-0.25, -0.2) is 26.9 Å². The second kappa shape index (κ2) is 7.24. The molecule has 1 fully saturated rings. The van der Waals surface area contributed by atoms with Gasteiger partial charge in [-0.2, -0.15) is 9.40 Å². The number of hydrogen-bond donors (Lipinski definition) is 0. The number of rotatable bonds is 4. The van der Waals surface area contributed by atoms with Crippen LogP contribution >= 0.6 is 0 Å². The third-order valence-corrected chi connectivity index (χ3v) is 6.34. The van der Waals surface area contributed by atoms with Gasteiger partial charge < -0.3 is 4.90 Å². The van der Waals surface area contributed by atoms with Gasteiger partial charge in [-0.1, -0.05) is 0 Å². The number of piperazine rings is 1. The molecule has 0 spiro atoms. The highest BCUT2D eigenvalue weighted by Crippen LogP contribution is 2.23. The molecule has 11 heteroatoms. The largest absolute Gasteiger partial charge is 0.353 e. The van der Waals surface area contributed by atoms with Gasteiger partial charge in [0.1, 0.15) is 22.3 Å². The van der Waals surface area contributed by atoms with Gasteiger partial charge in [-0.3, -0.25) is 4.98 Å². The molecule has 0 N–H and O–H groups in total. The first-order valence-corrected chi connectivity index (χ1v) is 9.91. The summed E-state index contributed by atoms with van der Waals surface area (Å²) in [5.74, 6) is -0.646. The Hall–Kier alpha value is -2.92. The first kappa shape index (κ1) is 18.4. The predicted octanol–water partition coefficient (Wildman–Crippen LogP) is 1.45. The molecule has 1 saturated heterocycles. The number of benzene rings is 1. The molecule has 3 aromatic rings. The number of aromatic nitrogens is 4. The summed E-state index contributed by atoms with van der Waals surface area (Å²) in [5, 5.41) is 4.11. The summed E-state index contributed by atoms with van der Waals surface area (Å²) < 4.78 is 55.4. The lowest BCUT2D eigenvalue weighted by molar-refractivity contribution is 0.380. The minimum absolute atomic E-state index is 0.117. The highest BCUT2D eigenvalue weighted by molar-refractivity contribution is 7.89. The smallest absolute Gasteiger partial charge is 0.246 e. The van der Waals surface area contributed by atoms with Crippen LogP contribution in [0.25, 0.3) is 5.82 Å². The minimum atomic E-state index is -4.12. The highest BCUT2D eigenvalue weighted by Gasteiger charge is 2.31. The van der Waals surface area contributed by atoms with Gasteiger partial charge in [0.05, 0.1) is 12.4 Å². The van der Waals surface area contributed by atoms with E-state index in [9.17, 15) is 17.2 Å². The number of nitrogens with zero attached hydrogens (tertiary/aromatic N) is 6. The highest BCUT2D eigenvalue weighted by atomic mass is 32.2. The molecule has 0 saturated carbocycles. The quantitative estimate of drug-likeness (QED) is 0.652. The molecule has 1 aliphatic rings. The van der Waals surface area contributed by atoms with Crippen molar-refractivity contribution in [3.8, 4) is 5.82 Å². The third kappa shape index (κ3) is 3.45. The number of sulfonamides is 1. The summed E-state index contributed by atoms with van der Waals surface area (Å²) in [6, 6.07) is 4.17. The van der Waals surface area contributed by atoms with Crippen LogP contribution in [0.1, 0.15) is 0 Å². The Morgan fingerprint density at radius 2 is 1.75 bits per heavy atom. The molecule has 28 heavy (non-hydrogen) atoms. The number of anilines is 1. The predicted molar refractivity (Wildman–Crippen MR) is 96.5 cm³/mol. The van der Waals surface area contributed by atoms with Crippen LogP contribution in [0.15, 0.2) is 53.9 Å². The first-order chi connectivity index (χ1) is 13.4. The fraction of sp³-hybridized carbons (Fsp3) is 0.235. The lowest BCUT2D eigenvalue weighted by Gasteiger charge is -2.34. The van der Waals surface area contributed by atoms with Crippen molar-refractivity contribution in [2.45, 2.75) is 4.90 Å². The zero-order chi connectivity index (χ0) is 19.7. The Kier molecular flexibility index (Phi) is 4.77. The Morgan fingerprint density at radius 3 is 2.46 bits per heavy atom. The molecule has 8 nitrogen and oxygen atoms in total. The maximum absolute atomic E-state index is 13.9. The monoisotopic (exact) mass is 406 g/mol. The lowest BCUT2D eigenvalue weighted by Crippen LogP contribution is -2.49. The van der Waals surface area contributed by atoms with Crippen molar-refractivity contribution in [2.24, 2.45) is 0 Å². The van der Waals surface area contributed by atoms with E-state index in [0.717, 1.165) is 16.4 Å². The number of hydrogen-bond acceptors (Lipinski definition) is 6. The van der Waals surface area contributed by atoms with Gasteiger partial charge in [0.15, 0.2) is 5.82 Å². The number of halogens is 2. The van der Waals surface area contributed by atoms with Gasteiger partial charge in [0.2, 0.25) is 10.0 Å². The second-order valence-corrected chi connectivity index (χ2v) is 8.06. The lowest BCUT2D eigenvalue weighted by atomic mass is 10.3. The van der Waals surface area contributed by atoms with Crippen LogP contribution in [-0.2, 0) is 10.0 Å². The fourth-order valence-electron chi connectivity index (χ4n) is 2.98. The van der Waals surface area contributed by atoms with Crippen LogP contribution in [0, 0.1) is 11.6 Å². The van der Waals surface area contributed by atoms with E-state index >= 15 is 0 Å². The molecule has 1 aliphatic heterocycles. The van der Waals surface area contributed by atoms with Crippen molar-refractivity contribution in [3.05, 3.63) is 60.7 Å². The zero-order valence-electron chi connectivity index (χ0n) is 14.6. The van der Waals surface area contributed by atoms with Crippen LogP contribution < -0.4 is 4.90 Å². The second-order valence-electron chi connectivity index (χ2n) is 6.15. The van der Waals surface area contributed by atoms with Gasteiger partial charge in [0, 0.05) is 38.6 Å². The molecule has 0 unspecified atom stereocenters. The Bertz CT molecular complexity index is 1080. The van der Waals surface area contributed by atoms with Crippen LogP contribution in [0.2, 0.25) is 0 Å². The van der Waals surface area contributed by atoms with Gasteiger partial charge in [-0.15, -0.1) is 0 Å². The average Bonchev–Trinajstić information content (AvgIpc) is 3.25. The average molecular weight is 406 g/mol. The summed E-state index contributed by atoms with van der Waals surface area (Å²) in [6.45, 7) is 0.915. The van der Waals surface area contributed by atoms with Gasteiger partial charge >= 0.3 is 0 Å². The standard InChI is InChI=1S/C17H16F2N6O2S/c18-13-2-3-14(19)15(10-13)28(26,27)24-8-6-23(7-9-24)16-11-20-12-17(22-16)25-5-1-4-21-25/h1-5,10-12H,6-9H2. The van der Waals surface area contributed by atoms with E-state index in [-0.39, 0.29) is 13.1 Å². The van der Waals surface area contributed by atoms with Crippen LogP contribution in [0.3, 0.4) is 0 Å². The van der Waals surface area contributed by atoms with Crippen molar-refractivity contribution < 1.29 is 17.2 Å². The van der Waals surface area contributed by atoms with Gasteiger partial charge in [-0.05, 0) is 24.3 Å². The van der Waals surface area contributed by atoms with Crippen molar-refractivity contribution >= 4 is 15.8 Å². The molecular formula is C17H16F2N6O2S. The van der Waals surface area contributed by atoms with Crippen LogP contribution in [0.4, 0.5) is 14.6 Å². The molecule has 0 bridgehead atoms. The maximum Gasteiger partial charge on any atom is 0.246 e. The maximum atomic E-state index is 13.9. The molecule has 3 heterocycles. The molecule has 2 aromatic heterocycles. The van der Waals surface area contributed by atoms with Crippen molar-refractivity contribution in [1.29, 1.82) is 0 Å². The van der Waals surface area contributed by atoms with Crippen molar-refractivity contribution in [3.63, 3.8) is 0 Å². The summed E-state index contributed by atoms with van der Waals surface area (Å²) >= 11 is 0. The molecule has 4 rings (SSSR count). The Morgan fingerprint density at radius 1 is 1.00 bits per heavy atom. The Labute approximate surface area is 160 Å². The topological polar surface area (TPSA) is 84.2 Å². The van der Waals surface area contributed by atoms with E-state index in [1.165, 1.54) is 0 Å². The van der Waals surface area contributed by atoms with Crippen LogP contribution in [0.5, 0.6) is 0 Å². The molecular weight excluding hydrogens is 390 g/mol. The summed E-state index contributed by atoms with van der Waals surface area (Å²) in [4.78, 5) is 9.89. The van der Waals surface area contributed by atoms with Crippen molar-refractivity contribution in [1.82, 2.24) is 24.1 Å². The van der Waals surface area contributed by atoms with E-state index in [1.54, 1.807) is 35.5 Å². The van der Waals surface area contributed by atoms with Gasteiger partial charge in [0.25, 0.3) is 0 Å². The van der Waals surface area contributed by atoms with Crippen molar-refractivity contribution in [2.75, 3.05) is 31.1 Å². The first-order valence-electron chi connectivity index (χ1n) is 8.47. The molecule has 0 atom stereocenters. The third-order valence-electron chi connectivity index (χ3n) is 4.42. The summed E-state index contributed by atoms with van der Waals surface area (Å²) in [6.07, 6.45) is 6.53.